The lowest BCUT2D eigenvalue weighted by Gasteiger charge is -2.32. The Kier molecular flexibility index (Phi) is 8.40. The van der Waals surface area contributed by atoms with E-state index in [1.165, 1.54) is 35.6 Å². The fraction of sp³-hybridized carbons (Fsp3) is 0.310. The van der Waals surface area contributed by atoms with Gasteiger partial charge in [0, 0.05) is 43.2 Å². The quantitative estimate of drug-likeness (QED) is 0.398. The molecule has 11 heteroatoms. The molecule has 5 amide bonds. The van der Waals surface area contributed by atoms with Crippen molar-refractivity contribution in [2.45, 2.75) is 25.7 Å². The average Bonchev–Trinajstić information content (AvgIpc) is 3.52. The van der Waals surface area contributed by atoms with Crippen molar-refractivity contribution in [1.29, 1.82) is 0 Å². The molecule has 1 fully saturated rings. The highest BCUT2D eigenvalue weighted by Crippen LogP contribution is 2.31. The predicted molar refractivity (Wildman–Crippen MR) is 152 cm³/mol. The fourth-order valence-electron chi connectivity index (χ4n) is 5.00. The molecule has 5 rings (SSSR count). The SMILES string of the molecule is O=C(NCC1CCN(C(=O)Nc2ccc(F)cc2)CC1)C(=O)Nc1ccc2c(c1)CCCN2C(=O)c1cccs1. The predicted octanol–water partition coefficient (Wildman–Crippen LogP) is 4.48. The summed E-state index contributed by atoms with van der Waals surface area (Å²) in [6, 6.07) is 14.3. The van der Waals surface area contributed by atoms with Crippen molar-refractivity contribution in [3.8, 4) is 0 Å². The first-order valence-corrected chi connectivity index (χ1v) is 14.1. The van der Waals surface area contributed by atoms with Crippen LogP contribution in [0.2, 0.25) is 0 Å². The number of benzene rings is 2. The molecular formula is C29H30FN5O4S. The van der Waals surface area contributed by atoms with E-state index in [1.807, 2.05) is 29.6 Å². The molecule has 0 unspecified atom stereocenters. The first-order chi connectivity index (χ1) is 19.4. The lowest BCUT2D eigenvalue weighted by Crippen LogP contribution is -2.44. The number of thiophene rings is 1. The van der Waals surface area contributed by atoms with Crippen molar-refractivity contribution in [2.24, 2.45) is 5.92 Å². The number of rotatable bonds is 5. The number of hydrogen-bond donors (Lipinski definition) is 3. The molecule has 0 atom stereocenters. The first kappa shape index (κ1) is 27.3. The Hall–Kier alpha value is -4.25. The minimum atomic E-state index is -0.751. The van der Waals surface area contributed by atoms with E-state index in [2.05, 4.69) is 16.0 Å². The van der Waals surface area contributed by atoms with Gasteiger partial charge >= 0.3 is 17.8 Å². The van der Waals surface area contributed by atoms with Gasteiger partial charge in [-0.15, -0.1) is 11.3 Å². The van der Waals surface area contributed by atoms with Crippen molar-refractivity contribution in [2.75, 3.05) is 41.7 Å². The Morgan fingerprint density at radius 3 is 2.38 bits per heavy atom. The molecular weight excluding hydrogens is 533 g/mol. The maximum Gasteiger partial charge on any atom is 0.321 e. The van der Waals surface area contributed by atoms with Crippen LogP contribution >= 0.6 is 11.3 Å². The molecule has 1 saturated heterocycles. The van der Waals surface area contributed by atoms with Crippen LogP contribution in [0.1, 0.15) is 34.5 Å². The van der Waals surface area contributed by atoms with Gasteiger partial charge in [0.1, 0.15) is 5.82 Å². The zero-order valence-corrected chi connectivity index (χ0v) is 22.6. The number of piperidine rings is 1. The minimum absolute atomic E-state index is 0.0357. The van der Waals surface area contributed by atoms with E-state index in [1.54, 1.807) is 15.9 Å². The summed E-state index contributed by atoms with van der Waals surface area (Å²) in [4.78, 5) is 54.5. The summed E-state index contributed by atoms with van der Waals surface area (Å²) < 4.78 is 13.1. The van der Waals surface area contributed by atoms with Gasteiger partial charge in [-0.05, 0) is 91.1 Å². The Bertz CT molecular complexity index is 1390. The van der Waals surface area contributed by atoms with Gasteiger partial charge in [0.05, 0.1) is 4.88 Å². The van der Waals surface area contributed by atoms with Gasteiger partial charge in [-0.25, -0.2) is 9.18 Å². The maximum atomic E-state index is 13.1. The van der Waals surface area contributed by atoms with Gasteiger partial charge in [0.15, 0.2) is 0 Å². The van der Waals surface area contributed by atoms with Crippen LogP contribution in [-0.4, -0.2) is 54.8 Å². The highest BCUT2D eigenvalue weighted by molar-refractivity contribution is 7.12. The smallest absolute Gasteiger partial charge is 0.321 e. The van der Waals surface area contributed by atoms with Crippen LogP contribution in [-0.2, 0) is 16.0 Å². The standard InChI is InChI=1S/C29H30FN5O4S/c30-21-5-7-22(8-6-21)33-29(39)34-14-11-19(12-15-34)18-31-26(36)27(37)32-23-9-10-24-20(17-23)3-1-13-35(24)28(38)25-4-2-16-40-25/h2,4-10,16-17,19H,1,3,11-15,18H2,(H,31,36)(H,32,37)(H,33,39). The van der Waals surface area contributed by atoms with Gasteiger partial charge in [0.25, 0.3) is 5.91 Å². The number of nitrogens with one attached hydrogen (secondary N) is 3. The minimum Gasteiger partial charge on any atom is -0.348 e. The lowest BCUT2D eigenvalue weighted by molar-refractivity contribution is -0.136. The van der Waals surface area contributed by atoms with Crippen molar-refractivity contribution in [1.82, 2.24) is 10.2 Å². The van der Waals surface area contributed by atoms with Crippen molar-refractivity contribution >= 4 is 52.2 Å². The molecule has 2 aliphatic heterocycles. The molecule has 0 radical (unpaired) electrons. The number of nitrogens with zero attached hydrogens (tertiary/aromatic N) is 2. The van der Waals surface area contributed by atoms with Crippen LogP contribution in [0.25, 0.3) is 0 Å². The van der Waals surface area contributed by atoms with Gasteiger partial charge in [-0.2, -0.15) is 0 Å². The van der Waals surface area contributed by atoms with Crippen molar-refractivity contribution < 1.29 is 23.6 Å². The summed E-state index contributed by atoms with van der Waals surface area (Å²) in [6.45, 7) is 2.00. The third kappa shape index (κ3) is 6.48. The lowest BCUT2D eigenvalue weighted by atomic mass is 9.97. The Balaban J connectivity index is 1.07. The second-order valence-electron chi connectivity index (χ2n) is 9.91. The van der Waals surface area contributed by atoms with Gasteiger partial charge in [-0.1, -0.05) is 6.07 Å². The Morgan fingerprint density at radius 2 is 1.65 bits per heavy atom. The molecule has 0 spiro atoms. The number of aryl methyl sites for hydroxylation is 1. The zero-order chi connectivity index (χ0) is 28.1. The normalized spacial score (nSPS) is 15.2. The number of amides is 5. The summed E-state index contributed by atoms with van der Waals surface area (Å²) >= 11 is 1.41. The molecule has 0 aliphatic carbocycles. The number of fused-ring (bicyclic) bond motifs is 1. The summed E-state index contributed by atoms with van der Waals surface area (Å²) in [6.07, 6.45) is 2.96. The van der Waals surface area contributed by atoms with Crippen LogP contribution < -0.4 is 20.9 Å². The average molecular weight is 564 g/mol. The molecule has 40 heavy (non-hydrogen) atoms. The van der Waals surface area contributed by atoms with Gasteiger partial charge < -0.3 is 25.8 Å². The topological polar surface area (TPSA) is 111 Å². The Labute approximate surface area is 235 Å². The van der Waals surface area contributed by atoms with E-state index < -0.39 is 11.8 Å². The second-order valence-corrected chi connectivity index (χ2v) is 10.9. The van der Waals surface area contributed by atoms with Crippen LogP contribution in [0.15, 0.2) is 60.0 Å². The molecule has 3 N–H and O–H groups in total. The van der Waals surface area contributed by atoms with Crippen LogP contribution in [0.4, 0.5) is 26.2 Å². The van der Waals surface area contributed by atoms with E-state index in [9.17, 15) is 23.6 Å². The number of urea groups is 1. The van der Waals surface area contributed by atoms with Crippen LogP contribution in [0.3, 0.4) is 0 Å². The number of anilines is 3. The molecule has 0 saturated carbocycles. The molecule has 0 bridgehead atoms. The summed E-state index contributed by atoms with van der Waals surface area (Å²) in [5, 5.41) is 10.00. The summed E-state index contributed by atoms with van der Waals surface area (Å²) in [7, 11) is 0. The highest BCUT2D eigenvalue weighted by atomic mass is 32.1. The highest BCUT2D eigenvalue weighted by Gasteiger charge is 2.26. The number of halogens is 1. The van der Waals surface area contributed by atoms with Crippen molar-refractivity contribution in [3.05, 3.63) is 76.2 Å². The third-order valence-electron chi connectivity index (χ3n) is 7.19. The number of likely N-dealkylation sites (tertiary alicyclic amines) is 1. The monoisotopic (exact) mass is 563 g/mol. The van der Waals surface area contributed by atoms with E-state index in [0.717, 1.165) is 24.1 Å². The molecule has 3 aromatic rings. The third-order valence-corrected chi connectivity index (χ3v) is 8.05. The van der Waals surface area contributed by atoms with Crippen LogP contribution in [0, 0.1) is 11.7 Å². The van der Waals surface area contributed by atoms with Gasteiger partial charge in [0.2, 0.25) is 0 Å². The van der Waals surface area contributed by atoms with Gasteiger partial charge in [-0.3, -0.25) is 14.4 Å². The largest absolute Gasteiger partial charge is 0.348 e. The van der Waals surface area contributed by atoms with E-state index in [4.69, 9.17) is 0 Å². The molecule has 2 aromatic carbocycles. The molecule has 9 nitrogen and oxygen atoms in total. The number of carbonyl (C=O) groups is 4. The summed E-state index contributed by atoms with van der Waals surface area (Å²) in [5.41, 5.74) is 2.80. The van der Waals surface area contributed by atoms with Crippen LogP contribution in [0.5, 0.6) is 0 Å². The number of carbonyl (C=O) groups excluding carboxylic acids is 4. The van der Waals surface area contributed by atoms with E-state index in [-0.39, 0.29) is 23.7 Å². The first-order valence-electron chi connectivity index (χ1n) is 13.3. The van der Waals surface area contributed by atoms with E-state index in [0.29, 0.717) is 55.3 Å². The Morgan fingerprint density at radius 1 is 0.900 bits per heavy atom. The molecule has 2 aliphatic rings. The fourth-order valence-corrected chi connectivity index (χ4v) is 5.67. The molecule has 208 valence electrons. The summed E-state index contributed by atoms with van der Waals surface area (Å²) in [5.74, 6) is -1.73. The molecule has 1 aromatic heterocycles. The molecule has 3 heterocycles. The number of hydrogen-bond acceptors (Lipinski definition) is 5. The van der Waals surface area contributed by atoms with E-state index >= 15 is 0 Å². The second kappa shape index (κ2) is 12.3. The maximum absolute atomic E-state index is 13.1. The zero-order valence-electron chi connectivity index (χ0n) is 21.8. The van der Waals surface area contributed by atoms with Crippen molar-refractivity contribution in [3.63, 3.8) is 0 Å².